The Morgan fingerprint density at radius 3 is 2.67 bits per heavy atom. The molecule has 0 fully saturated rings. The molecule has 1 aromatic carbocycles. The summed E-state index contributed by atoms with van der Waals surface area (Å²) in [5, 5.41) is 12.9. The zero-order valence-electron chi connectivity index (χ0n) is 10.1. The molecule has 6 nitrogen and oxygen atoms in total. The summed E-state index contributed by atoms with van der Waals surface area (Å²) < 4.78 is 26.8. The topological polar surface area (TPSA) is 85.1 Å². The van der Waals surface area contributed by atoms with Crippen LogP contribution in [0.15, 0.2) is 30.5 Å². The number of nitrogens with zero attached hydrogens (tertiary/aromatic N) is 2. The van der Waals surface area contributed by atoms with Gasteiger partial charge >= 0.3 is 0 Å². The maximum Gasteiger partial charge on any atom is 0.296 e. The lowest BCUT2D eigenvalue weighted by atomic mass is 10.2. The summed E-state index contributed by atoms with van der Waals surface area (Å²) in [5.74, 6) is -3.81. The number of hydrogen-bond donors (Lipinski definition) is 1. The number of pyridine rings is 1. The van der Waals surface area contributed by atoms with Gasteiger partial charge in [0.05, 0.1) is 4.92 Å². The molecule has 0 spiro atoms. The van der Waals surface area contributed by atoms with E-state index in [1.165, 1.54) is 18.3 Å². The van der Waals surface area contributed by atoms with Crippen molar-refractivity contribution >= 4 is 28.9 Å². The molecule has 0 unspecified atom stereocenters. The van der Waals surface area contributed by atoms with Crippen LogP contribution in [0.5, 0.6) is 0 Å². The Morgan fingerprint density at radius 1 is 1.33 bits per heavy atom. The third-order valence-corrected chi connectivity index (χ3v) is 2.70. The van der Waals surface area contributed by atoms with Crippen LogP contribution in [-0.4, -0.2) is 15.8 Å². The van der Waals surface area contributed by atoms with Crippen molar-refractivity contribution in [2.75, 3.05) is 5.32 Å². The summed E-state index contributed by atoms with van der Waals surface area (Å²) in [6.45, 7) is 0. The molecule has 0 saturated carbocycles. The fourth-order valence-corrected chi connectivity index (χ4v) is 1.68. The second kappa shape index (κ2) is 5.80. The molecule has 9 heteroatoms. The van der Waals surface area contributed by atoms with Gasteiger partial charge in [-0.15, -0.1) is 0 Å². The number of halogens is 3. The number of rotatable bonds is 3. The Bertz CT molecular complexity index is 740. The van der Waals surface area contributed by atoms with Crippen molar-refractivity contribution < 1.29 is 18.5 Å². The number of benzene rings is 1. The van der Waals surface area contributed by atoms with Gasteiger partial charge in [-0.25, -0.2) is 8.78 Å². The summed E-state index contributed by atoms with van der Waals surface area (Å²) in [7, 11) is 0. The molecule has 108 valence electrons. The molecule has 1 N–H and O–H groups in total. The van der Waals surface area contributed by atoms with E-state index >= 15 is 0 Å². The Hall–Kier alpha value is -2.61. The smallest absolute Gasteiger partial charge is 0.296 e. The SMILES string of the molecule is O=C(Nc1c([N+](=O)[O-])ccc(F)c1F)c1cc(Cl)ccn1. The summed E-state index contributed by atoms with van der Waals surface area (Å²) in [6, 6.07) is 3.93. The number of carbonyl (C=O) groups excluding carboxylic acids is 1. The Labute approximate surface area is 121 Å². The minimum Gasteiger partial charge on any atom is -0.312 e. The molecule has 0 aliphatic heterocycles. The second-order valence-electron chi connectivity index (χ2n) is 3.83. The standard InChI is InChI=1S/C12H6ClF2N3O3/c13-6-3-4-16-8(5-6)12(19)17-11-9(18(20)21)2-1-7(14)10(11)15/h1-5H,(H,17,19). The highest BCUT2D eigenvalue weighted by atomic mass is 35.5. The number of amides is 1. The lowest BCUT2D eigenvalue weighted by Crippen LogP contribution is -2.16. The largest absolute Gasteiger partial charge is 0.312 e. The number of nitro groups is 1. The van der Waals surface area contributed by atoms with E-state index in [0.29, 0.717) is 6.07 Å². The van der Waals surface area contributed by atoms with Crippen LogP contribution in [-0.2, 0) is 0 Å². The summed E-state index contributed by atoms with van der Waals surface area (Å²) >= 11 is 5.67. The van der Waals surface area contributed by atoms with Crippen LogP contribution in [0.2, 0.25) is 5.02 Å². The predicted molar refractivity (Wildman–Crippen MR) is 70.2 cm³/mol. The van der Waals surface area contributed by atoms with E-state index < -0.39 is 33.8 Å². The molecule has 0 atom stereocenters. The number of nitro benzene ring substituents is 1. The molecule has 2 rings (SSSR count). The average Bonchev–Trinajstić information content (AvgIpc) is 2.43. The maximum atomic E-state index is 13.6. The molecule has 0 bridgehead atoms. The number of hydrogen-bond acceptors (Lipinski definition) is 4. The van der Waals surface area contributed by atoms with Crippen LogP contribution in [0.1, 0.15) is 10.5 Å². The number of anilines is 1. The van der Waals surface area contributed by atoms with Gasteiger partial charge in [0.15, 0.2) is 17.3 Å². The molecule has 0 radical (unpaired) electrons. The molecular formula is C12H6ClF2N3O3. The number of carbonyl (C=O) groups is 1. The molecule has 1 heterocycles. The highest BCUT2D eigenvalue weighted by Gasteiger charge is 2.24. The van der Waals surface area contributed by atoms with Crippen molar-refractivity contribution in [2.24, 2.45) is 0 Å². The van der Waals surface area contributed by atoms with Gasteiger partial charge in [0.1, 0.15) is 5.69 Å². The molecule has 1 aromatic heterocycles. The van der Waals surface area contributed by atoms with Gasteiger partial charge in [0.2, 0.25) is 0 Å². The molecule has 21 heavy (non-hydrogen) atoms. The number of nitrogens with one attached hydrogen (secondary N) is 1. The van der Waals surface area contributed by atoms with Crippen LogP contribution in [0.4, 0.5) is 20.2 Å². The first-order valence-corrected chi connectivity index (χ1v) is 5.83. The van der Waals surface area contributed by atoms with Crippen molar-refractivity contribution in [3.63, 3.8) is 0 Å². The van der Waals surface area contributed by atoms with E-state index in [4.69, 9.17) is 11.6 Å². The van der Waals surface area contributed by atoms with Gasteiger partial charge < -0.3 is 5.32 Å². The first-order valence-electron chi connectivity index (χ1n) is 5.45. The van der Waals surface area contributed by atoms with E-state index in [-0.39, 0.29) is 10.7 Å². The summed E-state index contributed by atoms with van der Waals surface area (Å²) in [5.41, 5.74) is -1.84. The molecule has 1 amide bonds. The van der Waals surface area contributed by atoms with Crippen molar-refractivity contribution in [1.82, 2.24) is 4.98 Å². The molecule has 0 aliphatic rings. The minimum absolute atomic E-state index is 0.194. The normalized spacial score (nSPS) is 10.2. The Balaban J connectivity index is 2.41. The van der Waals surface area contributed by atoms with Crippen molar-refractivity contribution in [1.29, 1.82) is 0 Å². The number of aromatic nitrogens is 1. The fourth-order valence-electron chi connectivity index (χ4n) is 1.52. The maximum absolute atomic E-state index is 13.6. The van der Waals surface area contributed by atoms with E-state index in [0.717, 1.165) is 6.07 Å². The van der Waals surface area contributed by atoms with Gasteiger partial charge in [-0.3, -0.25) is 19.9 Å². The van der Waals surface area contributed by atoms with Crippen molar-refractivity contribution in [2.45, 2.75) is 0 Å². The van der Waals surface area contributed by atoms with Crippen molar-refractivity contribution in [3.05, 3.63) is 62.9 Å². The van der Waals surface area contributed by atoms with Crippen LogP contribution in [0.25, 0.3) is 0 Å². The van der Waals surface area contributed by atoms with E-state index in [1.54, 1.807) is 0 Å². The molecule has 0 saturated heterocycles. The fraction of sp³-hybridized carbons (Fsp3) is 0. The van der Waals surface area contributed by atoms with Gasteiger partial charge in [-0.2, -0.15) is 0 Å². The lowest BCUT2D eigenvalue weighted by Gasteiger charge is -2.07. The first kappa shape index (κ1) is 14.8. The molecule has 0 aliphatic carbocycles. The average molecular weight is 314 g/mol. The molecular weight excluding hydrogens is 308 g/mol. The Morgan fingerprint density at radius 2 is 2.05 bits per heavy atom. The van der Waals surface area contributed by atoms with Crippen LogP contribution in [0.3, 0.4) is 0 Å². The van der Waals surface area contributed by atoms with Crippen LogP contribution < -0.4 is 5.32 Å². The predicted octanol–water partition coefficient (Wildman–Crippen LogP) is 3.17. The monoisotopic (exact) mass is 313 g/mol. The summed E-state index contributed by atoms with van der Waals surface area (Å²) in [6.07, 6.45) is 1.23. The Kier molecular flexibility index (Phi) is 4.08. The van der Waals surface area contributed by atoms with Crippen LogP contribution in [0, 0.1) is 21.7 Å². The van der Waals surface area contributed by atoms with E-state index in [1.807, 2.05) is 5.32 Å². The van der Waals surface area contributed by atoms with Gasteiger partial charge in [0.25, 0.3) is 11.6 Å². The highest BCUT2D eigenvalue weighted by Crippen LogP contribution is 2.29. The lowest BCUT2D eigenvalue weighted by molar-refractivity contribution is -0.384. The van der Waals surface area contributed by atoms with Crippen LogP contribution >= 0.6 is 11.6 Å². The summed E-state index contributed by atoms with van der Waals surface area (Å²) in [4.78, 5) is 25.4. The second-order valence-corrected chi connectivity index (χ2v) is 4.26. The first-order chi connectivity index (χ1) is 9.90. The molecule has 2 aromatic rings. The van der Waals surface area contributed by atoms with E-state index in [9.17, 15) is 23.7 Å². The van der Waals surface area contributed by atoms with Gasteiger partial charge in [0, 0.05) is 17.3 Å². The highest BCUT2D eigenvalue weighted by molar-refractivity contribution is 6.31. The zero-order chi connectivity index (χ0) is 15.6. The third-order valence-electron chi connectivity index (χ3n) is 2.46. The third kappa shape index (κ3) is 3.11. The van der Waals surface area contributed by atoms with Gasteiger partial charge in [-0.1, -0.05) is 11.6 Å². The quantitative estimate of drug-likeness (QED) is 0.696. The zero-order valence-corrected chi connectivity index (χ0v) is 10.9. The van der Waals surface area contributed by atoms with Gasteiger partial charge in [-0.05, 0) is 18.2 Å². The minimum atomic E-state index is -1.53. The van der Waals surface area contributed by atoms with E-state index in [2.05, 4.69) is 4.98 Å². The van der Waals surface area contributed by atoms with Crippen molar-refractivity contribution in [3.8, 4) is 0 Å².